The van der Waals surface area contributed by atoms with Gasteiger partial charge in [-0.3, -0.25) is 14.9 Å². The molecule has 0 saturated heterocycles. The quantitative estimate of drug-likeness (QED) is 0.0118. The van der Waals surface area contributed by atoms with E-state index in [0.717, 1.165) is 36.6 Å². The maximum absolute atomic E-state index is 12.9. The first-order valence-corrected chi connectivity index (χ1v) is 21.6. The molecule has 0 saturated carbocycles. The fourth-order valence-corrected chi connectivity index (χ4v) is 6.60. The van der Waals surface area contributed by atoms with Gasteiger partial charge in [-0.25, -0.2) is 4.79 Å². The van der Waals surface area contributed by atoms with E-state index in [-0.39, 0.29) is 16.9 Å². The number of allylic oxidation sites excluding steroid dienone is 1. The first-order chi connectivity index (χ1) is 27.4. The van der Waals surface area contributed by atoms with Gasteiger partial charge in [0.25, 0.3) is 0 Å². The van der Waals surface area contributed by atoms with E-state index in [1.807, 2.05) is 24.3 Å². The smallest absolute Gasteiger partial charge is 0.343 e. The van der Waals surface area contributed by atoms with Gasteiger partial charge in [-0.1, -0.05) is 160 Å². The fourth-order valence-electron chi connectivity index (χ4n) is 6.60. The molecule has 0 atom stereocenters. The average molecular weight is 770 g/mol. The van der Waals surface area contributed by atoms with Gasteiger partial charge in [0, 0.05) is 11.6 Å². The molecule has 8 nitrogen and oxygen atoms in total. The monoisotopic (exact) mass is 769 g/mol. The molecule has 3 rings (SSSR count). The maximum Gasteiger partial charge on any atom is 0.343 e. The molecular weight excluding hydrogens is 703 g/mol. The number of benzene rings is 3. The van der Waals surface area contributed by atoms with Gasteiger partial charge >= 0.3 is 11.7 Å². The molecule has 56 heavy (non-hydrogen) atoms. The van der Waals surface area contributed by atoms with Crippen LogP contribution in [0.1, 0.15) is 181 Å². The first kappa shape index (κ1) is 45.9. The van der Waals surface area contributed by atoms with Crippen molar-refractivity contribution in [3.05, 3.63) is 99.6 Å². The second-order valence-electron chi connectivity index (χ2n) is 14.9. The van der Waals surface area contributed by atoms with E-state index in [4.69, 9.17) is 14.2 Å². The SMILES string of the molecule is CCCCCCCCCCCCCCCCCCOc1ccc(/C=C/C(=O)c2ccc(OC(=O)c3ccc(OCCCCCCCC)cc3)c([N+](=O)[O-])c2)cc1. The van der Waals surface area contributed by atoms with E-state index in [0.29, 0.717) is 19.0 Å². The highest BCUT2D eigenvalue weighted by Gasteiger charge is 2.21. The summed E-state index contributed by atoms with van der Waals surface area (Å²) in [6.07, 6.45) is 31.4. The van der Waals surface area contributed by atoms with Crippen LogP contribution >= 0.6 is 0 Å². The van der Waals surface area contributed by atoms with Gasteiger partial charge in [0.2, 0.25) is 5.75 Å². The number of hydrogen-bond acceptors (Lipinski definition) is 7. The van der Waals surface area contributed by atoms with Crippen molar-refractivity contribution in [1.82, 2.24) is 0 Å². The van der Waals surface area contributed by atoms with Gasteiger partial charge < -0.3 is 14.2 Å². The fraction of sp³-hybridized carbons (Fsp3) is 0.542. The summed E-state index contributed by atoms with van der Waals surface area (Å²) in [5.74, 6) is 0.0300. The average Bonchev–Trinajstić information content (AvgIpc) is 3.21. The van der Waals surface area contributed by atoms with Crippen LogP contribution in [0.5, 0.6) is 17.2 Å². The van der Waals surface area contributed by atoms with Crippen molar-refractivity contribution >= 4 is 23.5 Å². The second kappa shape index (κ2) is 28.9. The molecule has 3 aromatic carbocycles. The third-order valence-corrected chi connectivity index (χ3v) is 10.1. The number of carbonyl (C=O) groups excluding carboxylic acids is 2. The molecule has 0 aromatic heterocycles. The summed E-state index contributed by atoms with van der Waals surface area (Å²) in [6.45, 7) is 5.75. The Kier molecular flexibility index (Phi) is 23.7. The summed E-state index contributed by atoms with van der Waals surface area (Å²) < 4.78 is 17.1. The van der Waals surface area contributed by atoms with Crippen LogP contribution in [0.4, 0.5) is 5.69 Å². The van der Waals surface area contributed by atoms with E-state index in [1.165, 1.54) is 140 Å². The van der Waals surface area contributed by atoms with Crippen molar-refractivity contribution in [2.45, 2.75) is 155 Å². The highest BCUT2D eigenvalue weighted by Crippen LogP contribution is 2.30. The summed E-state index contributed by atoms with van der Waals surface area (Å²) >= 11 is 0. The zero-order valence-electron chi connectivity index (χ0n) is 34.3. The number of ether oxygens (including phenoxy) is 3. The summed E-state index contributed by atoms with van der Waals surface area (Å²) in [7, 11) is 0. The molecule has 0 fully saturated rings. The molecule has 0 aliphatic carbocycles. The van der Waals surface area contributed by atoms with E-state index >= 15 is 0 Å². The Balaban J connectivity index is 1.32. The van der Waals surface area contributed by atoms with Gasteiger partial charge in [0.1, 0.15) is 11.5 Å². The molecule has 306 valence electrons. The standard InChI is InChI=1S/C48H67NO7/c1-3-5-7-9-11-12-13-14-15-16-17-18-19-20-22-24-37-54-43-31-25-40(26-32-43)27-35-46(50)42-30-36-47(45(39-42)49(52)53)56-48(51)41-28-33-44(34-29-41)55-38-23-21-10-8-6-4-2/h25-36,39H,3-24,37-38H2,1-2H3/b35-27+. The van der Waals surface area contributed by atoms with Crippen molar-refractivity contribution < 1.29 is 28.7 Å². The minimum absolute atomic E-state index is 0.110. The number of carbonyl (C=O) groups is 2. The van der Waals surface area contributed by atoms with Crippen LogP contribution in [-0.2, 0) is 0 Å². The number of hydrogen-bond donors (Lipinski definition) is 0. The number of nitro benzene ring substituents is 1. The molecule has 0 aliphatic rings. The van der Waals surface area contributed by atoms with Crippen LogP contribution in [0, 0.1) is 10.1 Å². The molecule has 8 heteroatoms. The molecular formula is C48H67NO7. The highest BCUT2D eigenvalue weighted by molar-refractivity contribution is 6.07. The minimum Gasteiger partial charge on any atom is -0.494 e. The third-order valence-electron chi connectivity index (χ3n) is 10.1. The molecule has 3 aromatic rings. The molecule has 0 aliphatic heterocycles. The molecule has 0 unspecified atom stereocenters. The van der Waals surface area contributed by atoms with Crippen LogP contribution < -0.4 is 14.2 Å². The molecule has 0 bridgehead atoms. The number of esters is 1. The van der Waals surface area contributed by atoms with Crippen LogP contribution in [0.2, 0.25) is 0 Å². The predicted molar refractivity (Wildman–Crippen MR) is 228 cm³/mol. The summed E-state index contributed by atoms with van der Waals surface area (Å²) in [6, 6.07) is 17.8. The molecule has 0 heterocycles. The number of nitrogens with zero attached hydrogens (tertiary/aromatic N) is 1. The van der Waals surface area contributed by atoms with E-state index in [2.05, 4.69) is 13.8 Å². The summed E-state index contributed by atoms with van der Waals surface area (Å²) in [4.78, 5) is 36.9. The zero-order valence-corrected chi connectivity index (χ0v) is 34.3. The van der Waals surface area contributed by atoms with Crippen molar-refractivity contribution in [3.63, 3.8) is 0 Å². The molecule has 0 amide bonds. The van der Waals surface area contributed by atoms with E-state index < -0.39 is 22.4 Å². The molecule has 0 N–H and O–H groups in total. The Morgan fingerprint density at radius 2 is 0.964 bits per heavy atom. The van der Waals surface area contributed by atoms with Crippen molar-refractivity contribution in [1.29, 1.82) is 0 Å². The third kappa shape index (κ3) is 19.4. The Bertz CT molecular complexity index is 1570. The topological polar surface area (TPSA) is 105 Å². The predicted octanol–water partition coefficient (Wildman–Crippen LogP) is 14.1. The minimum atomic E-state index is -0.744. The van der Waals surface area contributed by atoms with Crippen molar-refractivity contribution in [3.8, 4) is 17.2 Å². The lowest BCUT2D eigenvalue weighted by Gasteiger charge is -2.08. The van der Waals surface area contributed by atoms with E-state index in [9.17, 15) is 19.7 Å². The van der Waals surface area contributed by atoms with Crippen molar-refractivity contribution in [2.75, 3.05) is 13.2 Å². The first-order valence-electron chi connectivity index (χ1n) is 21.6. The highest BCUT2D eigenvalue weighted by atomic mass is 16.6. The van der Waals surface area contributed by atoms with Crippen LogP contribution in [-0.4, -0.2) is 29.9 Å². The Labute approximate surface area is 336 Å². The van der Waals surface area contributed by atoms with Crippen LogP contribution in [0.3, 0.4) is 0 Å². The van der Waals surface area contributed by atoms with Crippen LogP contribution in [0.15, 0.2) is 72.8 Å². The summed E-state index contributed by atoms with van der Waals surface area (Å²) in [5, 5.41) is 11.9. The van der Waals surface area contributed by atoms with Gasteiger partial charge in [0.05, 0.1) is 23.7 Å². The normalized spacial score (nSPS) is 11.2. The molecule has 0 spiro atoms. The Morgan fingerprint density at radius 1 is 0.554 bits per heavy atom. The second-order valence-corrected chi connectivity index (χ2v) is 14.9. The maximum atomic E-state index is 12.9. The zero-order chi connectivity index (χ0) is 40.1. The lowest BCUT2D eigenvalue weighted by molar-refractivity contribution is -0.385. The van der Waals surface area contributed by atoms with Crippen LogP contribution in [0.25, 0.3) is 6.08 Å². The van der Waals surface area contributed by atoms with Crippen molar-refractivity contribution in [2.24, 2.45) is 0 Å². The lowest BCUT2D eigenvalue weighted by Crippen LogP contribution is -2.10. The summed E-state index contributed by atoms with van der Waals surface area (Å²) in [5.41, 5.74) is 0.665. The van der Waals surface area contributed by atoms with Gasteiger partial charge in [0.15, 0.2) is 5.78 Å². The van der Waals surface area contributed by atoms with Gasteiger partial charge in [-0.2, -0.15) is 0 Å². The Morgan fingerprint density at radius 3 is 1.41 bits per heavy atom. The number of ketones is 1. The van der Waals surface area contributed by atoms with E-state index in [1.54, 1.807) is 30.3 Å². The lowest BCUT2D eigenvalue weighted by atomic mass is 10.0. The Hall–Kier alpha value is -4.46. The largest absolute Gasteiger partial charge is 0.494 e. The number of unbranched alkanes of at least 4 members (excludes halogenated alkanes) is 20. The van der Waals surface area contributed by atoms with Gasteiger partial charge in [-0.15, -0.1) is 0 Å². The number of nitro groups is 1. The van der Waals surface area contributed by atoms with Gasteiger partial charge in [-0.05, 0) is 73.0 Å². The molecule has 0 radical (unpaired) electrons. The number of rotatable bonds is 32.